The topological polar surface area (TPSA) is 84.7 Å². The van der Waals surface area contributed by atoms with Gasteiger partial charge in [0, 0.05) is 19.1 Å². The molecule has 1 aliphatic heterocycles. The Morgan fingerprint density at radius 3 is 2.38 bits per heavy atom. The molecule has 3 N–H and O–H groups in total. The van der Waals surface area contributed by atoms with Gasteiger partial charge in [-0.15, -0.1) is 0 Å². The highest BCUT2D eigenvalue weighted by Crippen LogP contribution is 2.14. The summed E-state index contributed by atoms with van der Waals surface area (Å²) in [6, 6.07) is -0.336. The number of carbonyl (C=O) groups excluding carboxylic acids is 2. The van der Waals surface area contributed by atoms with Gasteiger partial charge in [-0.1, -0.05) is 13.3 Å². The number of nitrogens with one attached hydrogen (secondary N) is 1. The summed E-state index contributed by atoms with van der Waals surface area (Å²) in [6.45, 7) is 8.80. The Hall–Kier alpha value is -1.30. The summed E-state index contributed by atoms with van der Waals surface area (Å²) in [5.74, 6) is 0.0209. The highest BCUT2D eigenvalue weighted by Gasteiger charge is 2.27. The summed E-state index contributed by atoms with van der Waals surface area (Å²) in [4.78, 5) is 25.6. The van der Waals surface area contributed by atoms with Crippen LogP contribution < -0.4 is 11.1 Å². The molecule has 1 heterocycles. The maximum absolute atomic E-state index is 12.1. The number of hydrogen-bond donors (Lipinski definition) is 2. The number of alkyl carbamates (subject to hydrolysis) is 1. The molecule has 0 radical (unpaired) electrons. The standard InChI is InChI=1S/C15H29N3O3/c1-5-6-12(16)13(19)18-9-7-11(8-10-18)17-14(20)21-15(2,3)4/h11-12H,5-10,16H2,1-4H3,(H,17,20)/t12-/m0/s1. The van der Waals surface area contributed by atoms with Gasteiger partial charge in [-0.2, -0.15) is 0 Å². The second-order valence-electron chi connectivity index (χ2n) is 6.64. The van der Waals surface area contributed by atoms with Gasteiger partial charge in [-0.05, 0) is 40.0 Å². The molecule has 0 saturated carbocycles. The zero-order valence-corrected chi connectivity index (χ0v) is 13.6. The van der Waals surface area contributed by atoms with Crippen molar-refractivity contribution in [2.75, 3.05) is 13.1 Å². The van der Waals surface area contributed by atoms with Crippen LogP contribution in [0.5, 0.6) is 0 Å². The maximum atomic E-state index is 12.1. The average Bonchev–Trinajstić information content (AvgIpc) is 2.36. The maximum Gasteiger partial charge on any atom is 0.407 e. The number of likely N-dealkylation sites (tertiary alicyclic amines) is 1. The molecule has 0 bridgehead atoms. The number of ether oxygens (including phenoxy) is 1. The zero-order valence-electron chi connectivity index (χ0n) is 13.6. The van der Waals surface area contributed by atoms with Crippen molar-refractivity contribution in [3.05, 3.63) is 0 Å². The van der Waals surface area contributed by atoms with Crippen molar-refractivity contribution < 1.29 is 14.3 Å². The van der Waals surface area contributed by atoms with Gasteiger partial charge in [0.2, 0.25) is 5.91 Å². The largest absolute Gasteiger partial charge is 0.444 e. The predicted octanol–water partition coefficient (Wildman–Crippen LogP) is 1.63. The van der Waals surface area contributed by atoms with Gasteiger partial charge in [0.05, 0.1) is 6.04 Å². The molecule has 122 valence electrons. The lowest BCUT2D eigenvalue weighted by atomic mass is 10.0. The first-order valence-corrected chi connectivity index (χ1v) is 7.77. The molecule has 21 heavy (non-hydrogen) atoms. The Morgan fingerprint density at radius 1 is 1.33 bits per heavy atom. The predicted molar refractivity (Wildman–Crippen MR) is 81.9 cm³/mol. The van der Waals surface area contributed by atoms with Crippen LogP contribution in [-0.2, 0) is 9.53 Å². The van der Waals surface area contributed by atoms with Crippen molar-refractivity contribution in [2.24, 2.45) is 5.73 Å². The molecule has 0 aromatic rings. The first-order chi connectivity index (χ1) is 9.73. The lowest BCUT2D eigenvalue weighted by molar-refractivity contribution is -0.133. The Labute approximate surface area is 127 Å². The fourth-order valence-corrected chi connectivity index (χ4v) is 2.39. The molecule has 1 fully saturated rings. The SMILES string of the molecule is CCC[C@H](N)C(=O)N1CCC(NC(=O)OC(C)(C)C)CC1. The van der Waals surface area contributed by atoms with Crippen LogP contribution in [0.4, 0.5) is 4.79 Å². The van der Waals surface area contributed by atoms with Crippen LogP contribution in [-0.4, -0.2) is 47.7 Å². The van der Waals surface area contributed by atoms with Crippen molar-refractivity contribution in [3.63, 3.8) is 0 Å². The molecular weight excluding hydrogens is 270 g/mol. The second kappa shape index (κ2) is 7.64. The highest BCUT2D eigenvalue weighted by atomic mass is 16.6. The number of amides is 2. The van der Waals surface area contributed by atoms with Crippen LogP contribution in [0.15, 0.2) is 0 Å². The minimum atomic E-state index is -0.492. The van der Waals surface area contributed by atoms with E-state index < -0.39 is 17.7 Å². The van der Waals surface area contributed by atoms with E-state index >= 15 is 0 Å². The number of hydrogen-bond acceptors (Lipinski definition) is 4. The molecule has 1 rings (SSSR count). The van der Waals surface area contributed by atoms with Crippen molar-refractivity contribution >= 4 is 12.0 Å². The van der Waals surface area contributed by atoms with Crippen molar-refractivity contribution in [1.82, 2.24) is 10.2 Å². The average molecular weight is 299 g/mol. The fourth-order valence-electron chi connectivity index (χ4n) is 2.39. The number of piperidine rings is 1. The summed E-state index contributed by atoms with van der Waals surface area (Å²) in [5, 5.41) is 2.86. The molecule has 6 heteroatoms. The van der Waals surface area contributed by atoms with E-state index in [0.717, 1.165) is 25.7 Å². The molecule has 1 saturated heterocycles. The number of nitrogens with zero attached hydrogens (tertiary/aromatic N) is 1. The highest BCUT2D eigenvalue weighted by molar-refractivity contribution is 5.81. The molecule has 0 unspecified atom stereocenters. The second-order valence-corrected chi connectivity index (χ2v) is 6.64. The summed E-state index contributed by atoms with van der Waals surface area (Å²) < 4.78 is 5.23. The van der Waals surface area contributed by atoms with E-state index in [0.29, 0.717) is 13.1 Å². The van der Waals surface area contributed by atoms with Crippen LogP contribution in [0, 0.1) is 0 Å². The van der Waals surface area contributed by atoms with E-state index in [1.165, 1.54) is 0 Å². The summed E-state index contributed by atoms with van der Waals surface area (Å²) in [5.41, 5.74) is 5.37. The smallest absolute Gasteiger partial charge is 0.407 e. The van der Waals surface area contributed by atoms with Crippen molar-refractivity contribution in [1.29, 1.82) is 0 Å². The van der Waals surface area contributed by atoms with Crippen molar-refractivity contribution in [3.8, 4) is 0 Å². The van der Waals surface area contributed by atoms with Crippen molar-refractivity contribution in [2.45, 2.75) is 71.1 Å². The lowest BCUT2D eigenvalue weighted by Gasteiger charge is -2.34. The van der Waals surface area contributed by atoms with Crippen LogP contribution >= 0.6 is 0 Å². The molecule has 0 spiro atoms. The molecule has 1 atom stereocenters. The fraction of sp³-hybridized carbons (Fsp3) is 0.867. The van der Waals surface area contributed by atoms with E-state index in [1.54, 1.807) is 4.90 Å². The Kier molecular flexibility index (Phi) is 6.45. The summed E-state index contributed by atoms with van der Waals surface area (Å²) in [6.07, 6.45) is 2.71. The first-order valence-electron chi connectivity index (χ1n) is 7.77. The zero-order chi connectivity index (χ0) is 16.0. The van der Waals surface area contributed by atoms with Gasteiger partial charge in [-0.25, -0.2) is 4.79 Å². The van der Waals surface area contributed by atoms with E-state index in [-0.39, 0.29) is 11.9 Å². The van der Waals surface area contributed by atoms with Crippen LogP contribution in [0.1, 0.15) is 53.4 Å². The van der Waals surface area contributed by atoms with Gasteiger partial charge in [0.1, 0.15) is 5.60 Å². The minimum Gasteiger partial charge on any atom is -0.444 e. The van der Waals surface area contributed by atoms with Crippen LogP contribution in [0.25, 0.3) is 0 Å². The quantitative estimate of drug-likeness (QED) is 0.826. The molecule has 0 aromatic heterocycles. The summed E-state index contributed by atoms with van der Waals surface area (Å²) >= 11 is 0. The normalized spacial score (nSPS) is 18.2. The summed E-state index contributed by atoms with van der Waals surface area (Å²) in [7, 11) is 0. The van der Waals surface area contributed by atoms with Gasteiger partial charge in [0.25, 0.3) is 0 Å². The van der Waals surface area contributed by atoms with E-state index in [4.69, 9.17) is 10.5 Å². The van der Waals surface area contributed by atoms with Gasteiger partial charge >= 0.3 is 6.09 Å². The van der Waals surface area contributed by atoms with E-state index in [2.05, 4.69) is 5.32 Å². The molecule has 0 aromatic carbocycles. The number of carbonyl (C=O) groups is 2. The van der Waals surface area contributed by atoms with Gasteiger partial charge in [0.15, 0.2) is 0 Å². The van der Waals surface area contributed by atoms with Gasteiger partial charge < -0.3 is 20.7 Å². The van der Waals surface area contributed by atoms with E-state index in [9.17, 15) is 9.59 Å². The molecule has 1 aliphatic rings. The minimum absolute atomic E-state index is 0.0209. The van der Waals surface area contributed by atoms with Crippen LogP contribution in [0.3, 0.4) is 0 Å². The number of nitrogens with two attached hydrogens (primary N) is 1. The third-order valence-electron chi connectivity index (χ3n) is 3.44. The third kappa shape index (κ3) is 6.33. The lowest BCUT2D eigenvalue weighted by Crippen LogP contribution is -2.51. The first kappa shape index (κ1) is 17.8. The Morgan fingerprint density at radius 2 is 1.90 bits per heavy atom. The molecule has 0 aliphatic carbocycles. The molecule has 2 amide bonds. The third-order valence-corrected chi connectivity index (χ3v) is 3.44. The Balaban J connectivity index is 2.35. The Bertz CT molecular complexity index is 358. The monoisotopic (exact) mass is 299 g/mol. The molecule has 6 nitrogen and oxygen atoms in total. The molecular formula is C15H29N3O3. The number of rotatable bonds is 4. The van der Waals surface area contributed by atoms with Crippen LogP contribution in [0.2, 0.25) is 0 Å². The van der Waals surface area contributed by atoms with Gasteiger partial charge in [-0.3, -0.25) is 4.79 Å². The van der Waals surface area contributed by atoms with E-state index in [1.807, 2.05) is 27.7 Å².